The molecular weight excluding hydrogens is 256 g/mol. The highest BCUT2D eigenvalue weighted by Gasteiger charge is 2.25. The number of hydrogen-bond acceptors (Lipinski definition) is 4. The van der Waals surface area contributed by atoms with Crippen molar-refractivity contribution in [3.8, 4) is 0 Å². The summed E-state index contributed by atoms with van der Waals surface area (Å²) in [7, 11) is -0.639. The lowest BCUT2D eigenvalue weighted by Crippen LogP contribution is -2.33. The van der Waals surface area contributed by atoms with Crippen molar-refractivity contribution in [2.45, 2.75) is 4.90 Å². The third kappa shape index (κ3) is 3.06. The van der Waals surface area contributed by atoms with Crippen LogP contribution in [0.4, 0.5) is 0 Å². The van der Waals surface area contributed by atoms with E-state index < -0.39 is 16.0 Å². The molecule has 0 unspecified atom stereocenters. The number of carbonyl (C=O) groups is 1. The zero-order valence-electron chi connectivity index (χ0n) is 10.3. The van der Waals surface area contributed by atoms with Gasteiger partial charge < -0.3 is 10.4 Å². The standard InChI is InChI=1S/C11H16N2O4S/c1-12-7-8-13(2)18(16,17)10-6-4-3-5-9(10)11(14)15/h3-6,12H,7-8H2,1-2H3,(H,14,15). The summed E-state index contributed by atoms with van der Waals surface area (Å²) in [6, 6.07) is 5.58. The maximum absolute atomic E-state index is 12.2. The first-order valence-electron chi connectivity index (χ1n) is 5.34. The second-order valence-corrected chi connectivity index (χ2v) is 5.74. The largest absolute Gasteiger partial charge is 0.478 e. The Morgan fingerprint density at radius 2 is 2.00 bits per heavy atom. The topological polar surface area (TPSA) is 86.7 Å². The van der Waals surface area contributed by atoms with Crippen LogP contribution in [0, 0.1) is 0 Å². The van der Waals surface area contributed by atoms with Crippen LogP contribution < -0.4 is 5.32 Å². The van der Waals surface area contributed by atoms with Gasteiger partial charge in [0.05, 0.1) is 10.5 Å². The van der Waals surface area contributed by atoms with Gasteiger partial charge in [-0.3, -0.25) is 0 Å². The van der Waals surface area contributed by atoms with Crippen molar-refractivity contribution in [1.82, 2.24) is 9.62 Å². The van der Waals surface area contributed by atoms with Gasteiger partial charge in [0.1, 0.15) is 0 Å². The molecule has 0 heterocycles. The van der Waals surface area contributed by atoms with Gasteiger partial charge in [-0.05, 0) is 19.2 Å². The van der Waals surface area contributed by atoms with Crippen LogP contribution >= 0.6 is 0 Å². The molecule has 100 valence electrons. The highest BCUT2D eigenvalue weighted by atomic mass is 32.2. The minimum Gasteiger partial charge on any atom is -0.478 e. The molecule has 6 nitrogen and oxygen atoms in total. The normalized spacial score (nSPS) is 11.7. The summed E-state index contributed by atoms with van der Waals surface area (Å²) in [4.78, 5) is 10.8. The number of hydrogen-bond donors (Lipinski definition) is 2. The molecule has 0 atom stereocenters. The van der Waals surface area contributed by atoms with Crippen LogP contribution in [0.25, 0.3) is 0 Å². The lowest BCUT2D eigenvalue weighted by molar-refractivity contribution is 0.0692. The van der Waals surface area contributed by atoms with E-state index in [9.17, 15) is 13.2 Å². The Bertz CT molecular complexity index is 528. The molecule has 0 bridgehead atoms. The van der Waals surface area contributed by atoms with E-state index in [4.69, 9.17) is 5.11 Å². The maximum atomic E-state index is 12.2. The molecule has 0 aromatic heterocycles. The smallest absolute Gasteiger partial charge is 0.337 e. The van der Waals surface area contributed by atoms with Gasteiger partial charge in [0, 0.05) is 20.1 Å². The third-order valence-electron chi connectivity index (χ3n) is 2.48. The predicted octanol–water partition coefficient (Wildman–Crippen LogP) is 0.225. The van der Waals surface area contributed by atoms with Crippen molar-refractivity contribution in [3.05, 3.63) is 29.8 Å². The fourth-order valence-corrected chi connectivity index (χ4v) is 2.78. The fourth-order valence-electron chi connectivity index (χ4n) is 1.43. The molecule has 0 saturated heterocycles. The molecule has 0 aliphatic rings. The first kappa shape index (κ1) is 14.6. The summed E-state index contributed by atoms with van der Waals surface area (Å²) in [5, 5.41) is 11.8. The van der Waals surface area contributed by atoms with E-state index in [2.05, 4.69) is 5.32 Å². The van der Waals surface area contributed by atoms with Gasteiger partial charge in [-0.25, -0.2) is 13.2 Å². The molecule has 1 aromatic carbocycles. The lowest BCUT2D eigenvalue weighted by atomic mass is 10.2. The first-order valence-corrected chi connectivity index (χ1v) is 6.78. The summed E-state index contributed by atoms with van der Waals surface area (Å²) in [5.74, 6) is -1.25. The number of nitrogens with zero attached hydrogens (tertiary/aromatic N) is 1. The molecule has 2 N–H and O–H groups in total. The Labute approximate surface area is 106 Å². The molecule has 0 fully saturated rings. The highest BCUT2D eigenvalue weighted by molar-refractivity contribution is 7.89. The first-order chi connectivity index (χ1) is 8.41. The summed E-state index contributed by atoms with van der Waals surface area (Å²) in [6.45, 7) is 0.762. The van der Waals surface area contributed by atoms with Gasteiger partial charge in [0.2, 0.25) is 10.0 Å². The number of benzene rings is 1. The number of rotatable bonds is 6. The van der Waals surface area contributed by atoms with Crippen molar-refractivity contribution in [2.24, 2.45) is 0 Å². The summed E-state index contributed by atoms with van der Waals surface area (Å²) in [6.07, 6.45) is 0. The summed E-state index contributed by atoms with van der Waals surface area (Å²) < 4.78 is 25.5. The Morgan fingerprint density at radius 3 is 2.56 bits per heavy atom. The number of aromatic carboxylic acids is 1. The Morgan fingerprint density at radius 1 is 1.39 bits per heavy atom. The molecule has 0 amide bonds. The van der Waals surface area contributed by atoms with E-state index in [0.29, 0.717) is 6.54 Å². The third-order valence-corrected chi connectivity index (χ3v) is 4.40. The van der Waals surface area contributed by atoms with E-state index in [1.165, 1.54) is 31.3 Å². The second kappa shape index (κ2) is 5.94. The van der Waals surface area contributed by atoms with Gasteiger partial charge in [-0.15, -0.1) is 0 Å². The molecule has 0 saturated carbocycles. The van der Waals surface area contributed by atoms with Gasteiger partial charge in [-0.2, -0.15) is 4.31 Å². The van der Waals surface area contributed by atoms with Crippen LogP contribution in [-0.4, -0.2) is 51.0 Å². The second-order valence-electron chi connectivity index (χ2n) is 3.73. The Balaban J connectivity index is 3.16. The fraction of sp³-hybridized carbons (Fsp3) is 0.364. The van der Waals surface area contributed by atoms with Crippen LogP contribution in [0.15, 0.2) is 29.2 Å². The summed E-state index contributed by atoms with van der Waals surface area (Å²) in [5.41, 5.74) is -0.214. The highest BCUT2D eigenvalue weighted by Crippen LogP contribution is 2.18. The maximum Gasteiger partial charge on any atom is 0.337 e. The minimum atomic E-state index is -3.77. The van der Waals surface area contributed by atoms with Crippen LogP contribution in [0.2, 0.25) is 0 Å². The molecule has 0 spiro atoms. The Hall–Kier alpha value is -1.44. The number of nitrogens with one attached hydrogen (secondary N) is 1. The zero-order valence-corrected chi connectivity index (χ0v) is 11.1. The molecule has 1 rings (SSSR count). The molecule has 0 aliphatic carbocycles. The molecule has 7 heteroatoms. The number of likely N-dealkylation sites (N-methyl/N-ethyl adjacent to an activating group) is 2. The minimum absolute atomic E-state index is 0.184. The molecule has 18 heavy (non-hydrogen) atoms. The van der Waals surface area contributed by atoms with E-state index in [1.54, 1.807) is 7.05 Å². The van der Waals surface area contributed by atoms with Gasteiger partial charge in [0.15, 0.2) is 0 Å². The van der Waals surface area contributed by atoms with Crippen LogP contribution in [0.1, 0.15) is 10.4 Å². The van der Waals surface area contributed by atoms with Crippen molar-refractivity contribution in [1.29, 1.82) is 0 Å². The van der Waals surface area contributed by atoms with Crippen molar-refractivity contribution in [3.63, 3.8) is 0 Å². The van der Waals surface area contributed by atoms with Crippen LogP contribution in [0.5, 0.6) is 0 Å². The van der Waals surface area contributed by atoms with E-state index in [-0.39, 0.29) is 17.0 Å². The van der Waals surface area contributed by atoms with E-state index in [1.807, 2.05) is 0 Å². The number of sulfonamides is 1. The SMILES string of the molecule is CNCCN(C)S(=O)(=O)c1ccccc1C(=O)O. The molecular formula is C11H16N2O4S. The summed E-state index contributed by atoms with van der Waals surface area (Å²) >= 11 is 0. The zero-order chi connectivity index (χ0) is 13.8. The molecule has 0 aliphatic heterocycles. The lowest BCUT2D eigenvalue weighted by Gasteiger charge is -2.18. The predicted molar refractivity (Wildman–Crippen MR) is 67.1 cm³/mol. The molecule has 1 aromatic rings. The molecule has 0 radical (unpaired) electrons. The van der Waals surface area contributed by atoms with Gasteiger partial charge >= 0.3 is 5.97 Å². The van der Waals surface area contributed by atoms with E-state index in [0.717, 1.165) is 4.31 Å². The average molecular weight is 272 g/mol. The monoisotopic (exact) mass is 272 g/mol. The van der Waals surface area contributed by atoms with Crippen LogP contribution in [-0.2, 0) is 10.0 Å². The van der Waals surface area contributed by atoms with Gasteiger partial charge in [-0.1, -0.05) is 12.1 Å². The average Bonchev–Trinajstić information content (AvgIpc) is 2.35. The van der Waals surface area contributed by atoms with Crippen molar-refractivity contribution >= 4 is 16.0 Å². The van der Waals surface area contributed by atoms with E-state index >= 15 is 0 Å². The van der Waals surface area contributed by atoms with Gasteiger partial charge in [0.25, 0.3) is 0 Å². The van der Waals surface area contributed by atoms with Crippen LogP contribution in [0.3, 0.4) is 0 Å². The van der Waals surface area contributed by atoms with Crippen molar-refractivity contribution in [2.75, 3.05) is 27.2 Å². The van der Waals surface area contributed by atoms with Crippen molar-refractivity contribution < 1.29 is 18.3 Å². The Kier molecular flexibility index (Phi) is 4.83. The quantitative estimate of drug-likeness (QED) is 0.774. The number of carboxylic acids is 1. The number of carboxylic acid groups (broad SMARTS) is 1.